The van der Waals surface area contributed by atoms with Gasteiger partial charge in [-0.05, 0) is 23.6 Å². The second kappa shape index (κ2) is 13.4. The van der Waals surface area contributed by atoms with Gasteiger partial charge in [-0.25, -0.2) is 0 Å². The van der Waals surface area contributed by atoms with Crippen molar-refractivity contribution in [1.82, 2.24) is 0 Å². The highest BCUT2D eigenvalue weighted by Gasteiger charge is 2.44. The van der Waals surface area contributed by atoms with E-state index in [0.717, 1.165) is 22.9 Å². The fraction of sp³-hybridized carbons (Fsp3) is 0.321. The summed E-state index contributed by atoms with van der Waals surface area (Å²) in [7, 11) is -3.91. The average molecular weight is 513 g/mol. The molecule has 0 heterocycles. The summed E-state index contributed by atoms with van der Waals surface area (Å²) in [6.07, 6.45) is -0.654. The summed E-state index contributed by atoms with van der Waals surface area (Å²) < 4.78 is 47.8. The van der Waals surface area contributed by atoms with Crippen LogP contribution >= 0.6 is 0 Å². The first-order valence-corrected chi connectivity index (χ1v) is 13.4. The third-order valence-electron chi connectivity index (χ3n) is 5.49. The fourth-order valence-electron chi connectivity index (χ4n) is 3.66. The Balaban J connectivity index is 1.85. The molecule has 0 N–H and O–H groups in total. The molecule has 0 aliphatic rings. The molecule has 0 aliphatic heterocycles. The minimum Gasteiger partial charge on any atom is -0.374 e. The van der Waals surface area contributed by atoms with E-state index in [9.17, 15) is 13.2 Å². The van der Waals surface area contributed by atoms with E-state index in [4.69, 9.17) is 18.4 Å². The molecule has 0 amide bonds. The predicted molar refractivity (Wildman–Crippen MR) is 137 cm³/mol. The Bertz CT molecular complexity index is 1150. The summed E-state index contributed by atoms with van der Waals surface area (Å²) in [5.74, 6) is 0. The van der Waals surface area contributed by atoms with Crippen LogP contribution in [0.1, 0.15) is 23.6 Å². The number of rotatable bonds is 15. The first-order valence-electron chi connectivity index (χ1n) is 11.6. The van der Waals surface area contributed by atoms with Crippen LogP contribution in [-0.4, -0.2) is 45.4 Å². The van der Waals surface area contributed by atoms with E-state index in [2.05, 4.69) is 0 Å². The molecule has 0 spiro atoms. The molecule has 192 valence electrons. The van der Waals surface area contributed by atoms with E-state index < -0.39 is 27.9 Å². The van der Waals surface area contributed by atoms with Crippen LogP contribution in [0.15, 0.2) is 91.0 Å². The van der Waals surface area contributed by atoms with Gasteiger partial charge in [-0.15, -0.1) is 0 Å². The molecular formula is C28H32O7S. The molecule has 36 heavy (non-hydrogen) atoms. The van der Waals surface area contributed by atoms with Crippen LogP contribution in [0.3, 0.4) is 0 Å². The van der Waals surface area contributed by atoms with Gasteiger partial charge < -0.3 is 19.0 Å². The number of carbonyl (C=O) groups is 1. The molecular weight excluding hydrogens is 480 g/mol. The van der Waals surface area contributed by atoms with Crippen LogP contribution in [0, 0.1) is 0 Å². The molecule has 0 aromatic heterocycles. The summed E-state index contributed by atoms with van der Waals surface area (Å²) in [5, 5.41) is 0. The zero-order valence-electron chi connectivity index (χ0n) is 20.5. The number of hydrogen-bond donors (Lipinski definition) is 0. The standard InChI is InChI=1S/C28H32O7S/c1-28(22-29,34-20-25-16-10-5-11-17-25)27(33-19-24-14-8-4-9-15-24)26(35-36(2,30)31)21-32-18-23-12-6-3-7-13-23/h3-17,22,26-27H,18-21H2,1-2H3/t26-,27+,28-/m0/s1. The Hall–Kier alpha value is -2.88. The third-order valence-corrected chi connectivity index (χ3v) is 6.09. The van der Waals surface area contributed by atoms with Crippen LogP contribution < -0.4 is 0 Å². The minimum atomic E-state index is -3.91. The highest BCUT2D eigenvalue weighted by Crippen LogP contribution is 2.26. The maximum Gasteiger partial charge on any atom is 0.264 e. The molecule has 0 unspecified atom stereocenters. The molecule has 0 fully saturated rings. The van der Waals surface area contributed by atoms with Crippen LogP contribution in [0.2, 0.25) is 0 Å². The normalized spacial score (nSPS) is 15.1. The molecule has 3 rings (SSSR count). The van der Waals surface area contributed by atoms with Crippen molar-refractivity contribution < 1.29 is 31.6 Å². The highest BCUT2D eigenvalue weighted by atomic mass is 32.2. The first kappa shape index (κ1) is 27.7. The number of benzene rings is 3. The zero-order valence-corrected chi connectivity index (χ0v) is 21.3. The third kappa shape index (κ3) is 8.96. The predicted octanol–water partition coefficient (Wildman–Crippen LogP) is 4.31. The van der Waals surface area contributed by atoms with Crippen LogP contribution in [0.5, 0.6) is 0 Å². The lowest BCUT2D eigenvalue weighted by atomic mass is 9.95. The van der Waals surface area contributed by atoms with Gasteiger partial charge >= 0.3 is 0 Å². The van der Waals surface area contributed by atoms with Gasteiger partial charge in [-0.2, -0.15) is 8.42 Å². The van der Waals surface area contributed by atoms with Crippen molar-refractivity contribution in [2.24, 2.45) is 0 Å². The Kier molecular flexibility index (Phi) is 10.3. The Morgan fingerprint density at radius 3 is 1.72 bits per heavy atom. The van der Waals surface area contributed by atoms with E-state index in [-0.39, 0.29) is 26.4 Å². The van der Waals surface area contributed by atoms with Crippen LogP contribution in [0.4, 0.5) is 0 Å². The smallest absolute Gasteiger partial charge is 0.264 e. The quantitative estimate of drug-likeness (QED) is 0.222. The summed E-state index contributed by atoms with van der Waals surface area (Å²) in [6, 6.07) is 28.2. The lowest BCUT2D eigenvalue weighted by molar-refractivity contribution is -0.184. The fourth-order valence-corrected chi connectivity index (χ4v) is 4.26. The SMILES string of the molecule is C[C@@](C=O)(OCc1ccccc1)[C@H](OCc1ccccc1)[C@H](COCc1ccccc1)OS(C)(=O)=O. The molecule has 0 saturated heterocycles. The molecule has 0 bridgehead atoms. The topological polar surface area (TPSA) is 88.1 Å². The number of ether oxygens (including phenoxy) is 3. The molecule has 3 aromatic rings. The molecule has 8 heteroatoms. The van der Waals surface area contributed by atoms with E-state index in [1.165, 1.54) is 0 Å². The van der Waals surface area contributed by atoms with Crippen molar-refractivity contribution in [1.29, 1.82) is 0 Å². The number of carbonyl (C=O) groups excluding carboxylic acids is 1. The maximum absolute atomic E-state index is 12.4. The largest absolute Gasteiger partial charge is 0.374 e. The monoisotopic (exact) mass is 512 g/mol. The van der Waals surface area contributed by atoms with Gasteiger partial charge in [0.15, 0.2) is 6.29 Å². The van der Waals surface area contributed by atoms with E-state index in [0.29, 0.717) is 6.29 Å². The second-order valence-corrected chi connectivity index (χ2v) is 10.2. The van der Waals surface area contributed by atoms with E-state index in [1.807, 2.05) is 91.0 Å². The second-order valence-electron chi connectivity index (χ2n) is 8.63. The van der Waals surface area contributed by atoms with Crippen LogP contribution in [-0.2, 0) is 53.1 Å². The molecule has 7 nitrogen and oxygen atoms in total. The minimum absolute atomic E-state index is 0.117. The molecule has 3 aromatic carbocycles. The Labute approximate surface area is 213 Å². The van der Waals surface area contributed by atoms with Gasteiger partial charge in [0, 0.05) is 0 Å². The van der Waals surface area contributed by atoms with Crippen molar-refractivity contribution >= 4 is 16.4 Å². The lowest BCUT2D eigenvalue weighted by Gasteiger charge is -2.37. The van der Waals surface area contributed by atoms with Gasteiger partial charge in [0.2, 0.25) is 0 Å². The molecule has 0 radical (unpaired) electrons. The van der Waals surface area contributed by atoms with Gasteiger partial charge in [-0.3, -0.25) is 4.18 Å². The van der Waals surface area contributed by atoms with Gasteiger partial charge in [0.25, 0.3) is 10.1 Å². The maximum atomic E-state index is 12.4. The van der Waals surface area contributed by atoms with Gasteiger partial charge in [0.05, 0.1) is 32.7 Å². The molecule has 0 saturated carbocycles. The summed E-state index contributed by atoms with van der Waals surface area (Å²) in [5.41, 5.74) is 1.09. The molecule has 3 atom stereocenters. The van der Waals surface area contributed by atoms with Crippen molar-refractivity contribution in [3.05, 3.63) is 108 Å². The van der Waals surface area contributed by atoms with E-state index in [1.54, 1.807) is 6.92 Å². The number of hydrogen-bond acceptors (Lipinski definition) is 7. The Morgan fingerprint density at radius 1 is 0.778 bits per heavy atom. The lowest BCUT2D eigenvalue weighted by Crippen LogP contribution is -2.54. The molecule has 0 aliphatic carbocycles. The summed E-state index contributed by atoms with van der Waals surface area (Å²) >= 11 is 0. The van der Waals surface area contributed by atoms with E-state index >= 15 is 0 Å². The highest BCUT2D eigenvalue weighted by molar-refractivity contribution is 7.86. The average Bonchev–Trinajstić information content (AvgIpc) is 2.88. The van der Waals surface area contributed by atoms with Crippen molar-refractivity contribution in [3.63, 3.8) is 0 Å². The first-order chi connectivity index (χ1) is 17.3. The van der Waals surface area contributed by atoms with Crippen molar-refractivity contribution in [2.45, 2.75) is 44.6 Å². The zero-order chi connectivity index (χ0) is 25.9. The summed E-state index contributed by atoms with van der Waals surface area (Å²) in [6.45, 7) is 1.90. The van der Waals surface area contributed by atoms with Gasteiger partial charge in [-0.1, -0.05) is 91.0 Å². The van der Waals surface area contributed by atoms with Crippen molar-refractivity contribution in [2.75, 3.05) is 12.9 Å². The van der Waals surface area contributed by atoms with Crippen LogP contribution in [0.25, 0.3) is 0 Å². The Morgan fingerprint density at radius 2 is 1.25 bits per heavy atom. The van der Waals surface area contributed by atoms with Gasteiger partial charge in [0.1, 0.15) is 17.8 Å². The number of aldehydes is 1. The summed E-state index contributed by atoms with van der Waals surface area (Å²) in [4.78, 5) is 12.4. The van der Waals surface area contributed by atoms with Crippen molar-refractivity contribution in [3.8, 4) is 0 Å².